The lowest BCUT2D eigenvalue weighted by Crippen LogP contribution is -2.16. The van der Waals surface area contributed by atoms with Gasteiger partial charge >= 0.3 is 0 Å². The SMILES string of the molecule is CCCCCCOCc1cc(C#Cc2cccc(C#Cc3cc(C#C[Si](C)(C)C)cc(COCCCCCC)c3)n2)cc(C#C[Si](C)(C)C)c1. The Hall–Kier alpha value is -3.82. The molecule has 0 spiro atoms. The van der Waals surface area contributed by atoms with E-state index < -0.39 is 16.1 Å². The van der Waals surface area contributed by atoms with Crippen LogP contribution >= 0.6 is 0 Å². The van der Waals surface area contributed by atoms with Crippen LogP contribution in [0.25, 0.3) is 0 Å². The Kier molecular flexibility index (Phi) is 17.4. The van der Waals surface area contributed by atoms with Crippen molar-refractivity contribution in [3.63, 3.8) is 0 Å². The first kappa shape index (κ1) is 40.6. The lowest BCUT2D eigenvalue weighted by atomic mass is 10.1. The second-order valence-corrected chi connectivity index (χ2v) is 24.5. The van der Waals surface area contributed by atoms with Crippen molar-refractivity contribution in [2.75, 3.05) is 13.2 Å². The summed E-state index contributed by atoms with van der Waals surface area (Å²) in [4.78, 5) is 4.76. The summed E-state index contributed by atoms with van der Waals surface area (Å²) in [6, 6.07) is 18.4. The molecule has 5 heteroatoms. The third-order valence-corrected chi connectivity index (χ3v) is 9.14. The summed E-state index contributed by atoms with van der Waals surface area (Å²) in [6.07, 6.45) is 9.55. The molecule has 0 unspecified atom stereocenters. The molecule has 0 aliphatic heterocycles. The van der Waals surface area contributed by atoms with E-state index in [1.165, 1.54) is 38.5 Å². The van der Waals surface area contributed by atoms with E-state index in [9.17, 15) is 0 Å². The van der Waals surface area contributed by atoms with Crippen LogP contribution in [0.5, 0.6) is 0 Å². The molecule has 1 aromatic heterocycles. The number of rotatable bonds is 14. The smallest absolute Gasteiger partial charge is 0.129 e. The number of unbranched alkanes of at least 4 members (excludes halogenated alkanes) is 6. The summed E-state index contributed by atoms with van der Waals surface area (Å²) < 4.78 is 12.0. The third-order valence-electron chi connectivity index (χ3n) is 7.39. The zero-order valence-electron chi connectivity index (χ0n) is 31.9. The highest BCUT2D eigenvalue weighted by Crippen LogP contribution is 2.14. The normalized spacial score (nSPS) is 10.9. The number of nitrogens with zero attached hydrogens (tertiary/aromatic N) is 1. The molecule has 262 valence electrons. The molecule has 0 amide bonds. The number of pyridine rings is 1. The maximum atomic E-state index is 6.02. The molecule has 0 radical (unpaired) electrons. The van der Waals surface area contributed by atoms with Crippen molar-refractivity contribution < 1.29 is 9.47 Å². The lowest BCUT2D eigenvalue weighted by Gasteiger charge is -2.07. The fourth-order valence-electron chi connectivity index (χ4n) is 4.85. The fourth-order valence-corrected chi connectivity index (χ4v) is 5.89. The Morgan fingerprint density at radius 2 is 0.900 bits per heavy atom. The van der Waals surface area contributed by atoms with E-state index in [0.717, 1.165) is 59.4 Å². The van der Waals surface area contributed by atoms with E-state index in [-0.39, 0.29) is 0 Å². The molecular formula is C45H57NO2Si2. The van der Waals surface area contributed by atoms with Gasteiger partial charge in [-0.3, -0.25) is 0 Å². The summed E-state index contributed by atoms with van der Waals surface area (Å²) in [5, 5.41) is 0. The van der Waals surface area contributed by atoms with Crippen LogP contribution in [0.1, 0.15) is 110 Å². The summed E-state index contributed by atoms with van der Waals surface area (Å²) >= 11 is 0. The molecular weight excluding hydrogens is 643 g/mol. The van der Waals surface area contributed by atoms with Gasteiger partial charge in [-0.15, -0.1) is 11.1 Å². The van der Waals surface area contributed by atoms with E-state index in [1.54, 1.807) is 0 Å². The number of benzene rings is 2. The van der Waals surface area contributed by atoms with E-state index in [0.29, 0.717) is 24.6 Å². The zero-order chi connectivity index (χ0) is 36.2. The van der Waals surface area contributed by atoms with Gasteiger partial charge < -0.3 is 9.47 Å². The minimum absolute atomic E-state index is 0.560. The molecule has 3 nitrogen and oxygen atoms in total. The second kappa shape index (κ2) is 21.4. The van der Waals surface area contributed by atoms with Crippen LogP contribution in [0.2, 0.25) is 39.3 Å². The first-order chi connectivity index (χ1) is 23.9. The van der Waals surface area contributed by atoms with E-state index in [1.807, 2.05) is 18.2 Å². The van der Waals surface area contributed by atoms with Crippen molar-refractivity contribution in [3.8, 4) is 46.6 Å². The highest BCUT2D eigenvalue weighted by Gasteiger charge is 2.09. The average Bonchev–Trinajstić information content (AvgIpc) is 3.07. The van der Waals surface area contributed by atoms with Gasteiger partial charge in [0.2, 0.25) is 0 Å². The highest BCUT2D eigenvalue weighted by atomic mass is 28.3. The quantitative estimate of drug-likeness (QED) is 0.0954. The molecule has 3 aromatic rings. The summed E-state index contributed by atoms with van der Waals surface area (Å²) in [7, 11) is -3.04. The molecule has 0 aliphatic carbocycles. The second-order valence-electron chi connectivity index (χ2n) is 15.0. The fraction of sp³-hybridized carbons (Fsp3) is 0.444. The van der Waals surface area contributed by atoms with Gasteiger partial charge in [0.15, 0.2) is 0 Å². The molecule has 1 heterocycles. The van der Waals surface area contributed by atoms with Crippen molar-refractivity contribution in [2.24, 2.45) is 0 Å². The molecule has 0 saturated carbocycles. The molecule has 2 aromatic carbocycles. The van der Waals surface area contributed by atoms with Crippen LogP contribution < -0.4 is 0 Å². The average molecular weight is 700 g/mol. The molecule has 0 saturated heterocycles. The number of hydrogen-bond acceptors (Lipinski definition) is 3. The molecule has 0 aliphatic rings. The highest BCUT2D eigenvalue weighted by molar-refractivity contribution is 6.84. The maximum absolute atomic E-state index is 6.02. The van der Waals surface area contributed by atoms with Crippen LogP contribution in [0.4, 0.5) is 0 Å². The number of aromatic nitrogens is 1. The van der Waals surface area contributed by atoms with E-state index in [2.05, 4.69) is 136 Å². The van der Waals surface area contributed by atoms with Gasteiger partial charge in [-0.25, -0.2) is 4.98 Å². The number of hydrogen-bond donors (Lipinski definition) is 0. The van der Waals surface area contributed by atoms with Gasteiger partial charge in [0.1, 0.15) is 27.5 Å². The minimum Gasteiger partial charge on any atom is -0.377 e. The van der Waals surface area contributed by atoms with Gasteiger partial charge in [0.05, 0.1) is 13.2 Å². The number of ether oxygens (including phenoxy) is 2. The summed E-state index contributed by atoms with van der Waals surface area (Å²) in [5.41, 5.74) is 14.3. The minimum atomic E-state index is -1.52. The molecule has 50 heavy (non-hydrogen) atoms. The van der Waals surface area contributed by atoms with Gasteiger partial charge in [-0.1, -0.05) is 121 Å². The zero-order valence-corrected chi connectivity index (χ0v) is 33.9. The van der Waals surface area contributed by atoms with E-state index >= 15 is 0 Å². The predicted molar refractivity (Wildman–Crippen MR) is 217 cm³/mol. The Morgan fingerprint density at radius 1 is 0.500 bits per heavy atom. The monoisotopic (exact) mass is 699 g/mol. The molecule has 3 rings (SSSR count). The maximum Gasteiger partial charge on any atom is 0.129 e. The van der Waals surface area contributed by atoms with Crippen LogP contribution in [0, 0.1) is 46.6 Å². The van der Waals surface area contributed by atoms with Crippen LogP contribution in [-0.4, -0.2) is 34.3 Å². The lowest BCUT2D eigenvalue weighted by molar-refractivity contribution is 0.116. The van der Waals surface area contributed by atoms with Crippen molar-refractivity contribution >= 4 is 16.1 Å². The summed E-state index contributed by atoms with van der Waals surface area (Å²) in [6.45, 7) is 20.7. The first-order valence-corrected chi connectivity index (χ1v) is 25.4. The van der Waals surface area contributed by atoms with E-state index in [4.69, 9.17) is 14.5 Å². The Labute approximate surface area is 306 Å². The largest absolute Gasteiger partial charge is 0.377 e. The third kappa shape index (κ3) is 17.7. The standard InChI is InChI=1S/C45H57NO2Si2/c1-9-11-13-15-26-47-36-42-32-38(30-40(34-42)24-28-49(3,4)5)20-22-44-18-17-19-45(46-44)23-21-39-31-41(25-29-50(6,7)8)35-43(33-39)37-48-27-16-14-12-10-2/h17-19,30-35H,9-16,26-27,36-37H2,1-8H3. The summed E-state index contributed by atoms with van der Waals surface area (Å²) in [5.74, 6) is 20.0. The van der Waals surface area contributed by atoms with Crippen molar-refractivity contribution in [1.82, 2.24) is 4.98 Å². The molecule has 0 atom stereocenters. The molecule has 0 fully saturated rings. The Balaban J connectivity index is 1.83. The van der Waals surface area contributed by atoms with Crippen molar-refractivity contribution in [3.05, 3.63) is 99.4 Å². The van der Waals surface area contributed by atoms with Crippen molar-refractivity contribution in [1.29, 1.82) is 0 Å². The van der Waals surface area contributed by atoms with Gasteiger partial charge in [0, 0.05) is 35.5 Å². The molecule has 0 bridgehead atoms. The van der Waals surface area contributed by atoms with Crippen LogP contribution in [0.3, 0.4) is 0 Å². The Morgan fingerprint density at radius 3 is 1.28 bits per heavy atom. The van der Waals surface area contributed by atoms with Gasteiger partial charge in [-0.2, -0.15) is 0 Å². The van der Waals surface area contributed by atoms with Gasteiger partial charge in [0.25, 0.3) is 0 Å². The van der Waals surface area contributed by atoms with Crippen LogP contribution in [0.15, 0.2) is 54.6 Å². The topological polar surface area (TPSA) is 31.4 Å². The Bertz CT molecular complexity index is 1660. The van der Waals surface area contributed by atoms with Gasteiger partial charge in [-0.05, 0) is 84.3 Å². The predicted octanol–water partition coefficient (Wildman–Crippen LogP) is 10.5. The first-order valence-electron chi connectivity index (χ1n) is 18.4. The van der Waals surface area contributed by atoms with Crippen molar-refractivity contribution in [2.45, 2.75) is 118 Å². The van der Waals surface area contributed by atoms with Crippen LogP contribution in [-0.2, 0) is 22.7 Å². The molecule has 0 N–H and O–H groups in total.